The zero-order valence-corrected chi connectivity index (χ0v) is 23.0. The minimum absolute atomic E-state index is 0.0143. The molecule has 7 rings (SSSR count). The maximum absolute atomic E-state index is 2.45. The van der Waals surface area contributed by atoms with E-state index in [2.05, 4.69) is 79.7 Å². The highest BCUT2D eigenvalue weighted by atomic mass is 32.1. The van der Waals surface area contributed by atoms with Crippen LogP contribution in [0.1, 0.15) is 70.8 Å². The largest absolute Gasteiger partial charge is 0.140 e. The van der Waals surface area contributed by atoms with Crippen LogP contribution < -0.4 is 0 Å². The predicted octanol–water partition coefficient (Wildman–Crippen LogP) is 10.0. The fourth-order valence-corrected chi connectivity index (χ4v) is 11.3. The number of benzene rings is 2. The second kappa shape index (κ2) is 6.00. The van der Waals surface area contributed by atoms with E-state index in [1.165, 1.54) is 73.1 Å². The average molecular weight is 485 g/mol. The first-order valence-corrected chi connectivity index (χ1v) is 14.2. The van der Waals surface area contributed by atoms with Crippen LogP contribution in [-0.4, -0.2) is 0 Å². The third kappa shape index (κ3) is 2.19. The molecule has 0 aliphatic heterocycles. The minimum Gasteiger partial charge on any atom is -0.140 e. The number of rotatable bonds is 0. The molecule has 33 heavy (non-hydrogen) atoms. The quantitative estimate of drug-likeness (QED) is 0.205. The Hall–Kier alpha value is -1.94. The number of fused-ring (bicyclic) bond motifs is 11. The Morgan fingerprint density at radius 1 is 0.515 bits per heavy atom. The molecule has 0 N–H and O–H groups in total. The van der Waals surface area contributed by atoms with Crippen molar-refractivity contribution in [2.24, 2.45) is 0 Å². The van der Waals surface area contributed by atoms with Crippen molar-refractivity contribution in [3.63, 3.8) is 0 Å². The van der Waals surface area contributed by atoms with Gasteiger partial charge in [-0.3, -0.25) is 0 Å². The fraction of sp³-hybridized carbons (Fsp3) is 0.333. The molecule has 0 saturated heterocycles. The van der Waals surface area contributed by atoms with Gasteiger partial charge in [0.15, 0.2) is 0 Å². The molecular weight excluding hydrogens is 457 g/mol. The topological polar surface area (TPSA) is 0 Å². The van der Waals surface area contributed by atoms with E-state index in [4.69, 9.17) is 0 Å². The van der Waals surface area contributed by atoms with Gasteiger partial charge in [-0.25, -0.2) is 0 Å². The standard InChI is InChI=1S/C30H28S3/c1-13-15(3)31-26-19-11-9-18-17(22(19)29(5,6)21(13)26)10-12-20-23(18)30(7,8)24-27(20)33-25-14(2)16(4)32-28(24)25/h9-12H,1-8H3. The number of hydrogen-bond acceptors (Lipinski definition) is 3. The van der Waals surface area contributed by atoms with Crippen molar-refractivity contribution < 1.29 is 0 Å². The first-order chi connectivity index (χ1) is 15.5. The molecule has 166 valence electrons. The van der Waals surface area contributed by atoms with E-state index in [-0.39, 0.29) is 10.8 Å². The Morgan fingerprint density at radius 3 is 1.64 bits per heavy atom. The van der Waals surface area contributed by atoms with Gasteiger partial charge in [-0.1, -0.05) is 52.0 Å². The van der Waals surface area contributed by atoms with E-state index in [0.29, 0.717) is 0 Å². The monoisotopic (exact) mass is 484 g/mol. The molecule has 5 aromatic rings. The first-order valence-electron chi connectivity index (χ1n) is 11.8. The highest BCUT2D eigenvalue weighted by molar-refractivity contribution is 7.30. The van der Waals surface area contributed by atoms with Crippen molar-refractivity contribution in [3.05, 3.63) is 67.4 Å². The van der Waals surface area contributed by atoms with Crippen LogP contribution in [0.5, 0.6) is 0 Å². The van der Waals surface area contributed by atoms with Gasteiger partial charge in [-0.05, 0) is 83.0 Å². The van der Waals surface area contributed by atoms with Gasteiger partial charge in [-0.2, -0.15) is 0 Å². The molecule has 3 aromatic heterocycles. The predicted molar refractivity (Wildman–Crippen MR) is 149 cm³/mol. The van der Waals surface area contributed by atoms with Crippen LogP contribution >= 0.6 is 34.0 Å². The molecule has 0 radical (unpaired) electrons. The van der Waals surface area contributed by atoms with Gasteiger partial charge in [-0.15, -0.1) is 34.0 Å². The van der Waals surface area contributed by atoms with Crippen LogP contribution in [0.25, 0.3) is 41.1 Å². The maximum atomic E-state index is 2.45. The van der Waals surface area contributed by atoms with Crippen LogP contribution in [0.4, 0.5) is 0 Å². The second-order valence-electron chi connectivity index (χ2n) is 11.1. The highest BCUT2D eigenvalue weighted by Gasteiger charge is 2.44. The summed E-state index contributed by atoms with van der Waals surface area (Å²) >= 11 is 6.00. The molecule has 0 fully saturated rings. The first kappa shape index (κ1) is 20.4. The van der Waals surface area contributed by atoms with E-state index >= 15 is 0 Å². The molecular formula is C30H28S3. The highest BCUT2D eigenvalue weighted by Crippen LogP contribution is 2.61. The van der Waals surface area contributed by atoms with Gasteiger partial charge in [0, 0.05) is 35.0 Å². The van der Waals surface area contributed by atoms with Crippen molar-refractivity contribution in [3.8, 4) is 20.9 Å². The van der Waals surface area contributed by atoms with Crippen LogP contribution in [-0.2, 0) is 10.8 Å². The fourth-order valence-electron chi connectivity index (χ4n) is 6.86. The molecule has 0 saturated carbocycles. The lowest BCUT2D eigenvalue weighted by Crippen LogP contribution is -2.18. The Labute approximate surface area is 207 Å². The molecule has 3 heteroatoms. The number of thiophene rings is 3. The molecule has 0 nitrogen and oxygen atoms in total. The molecule has 3 heterocycles. The van der Waals surface area contributed by atoms with Crippen LogP contribution in [0.15, 0.2) is 24.3 Å². The summed E-state index contributed by atoms with van der Waals surface area (Å²) in [5.74, 6) is 0. The zero-order chi connectivity index (χ0) is 23.2. The third-order valence-corrected chi connectivity index (χ3v) is 12.5. The summed E-state index contributed by atoms with van der Waals surface area (Å²) < 4.78 is 3.03. The summed E-state index contributed by atoms with van der Waals surface area (Å²) in [6.07, 6.45) is 0. The SMILES string of the molecule is Cc1sc2c(c1C)C(C)(C)c1c-2ccc2c3c(ccc12)-c1sc2c(C)c(C)sc2c1C3(C)C. The summed E-state index contributed by atoms with van der Waals surface area (Å²) in [4.78, 5) is 5.93. The number of hydrogen-bond donors (Lipinski definition) is 0. The van der Waals surface area contributed by atoms with Gasteiger partial charge in [0.05, 0.1) is 4.70 Å². The van der Waals surface area contributed by atoms with E-state index in [1.54, 1.807) is 11.1 Å². The Bertz CT molecular complexity index is 1690. The van der Waals surface area contributed by atoms with Gasteiger partial charge in [0.25, 0.3) is 0 Å². The van der Waals surface area contributed by atoms with E-state index < -0.39 is 0 Å². The molecule has 0 unspecified atom stereocenters. The molecule has 0 amide bonds. The number of aryl methyl sites for hydroxylation is 3. The van der Waals surface area contributed by atoms with Crippen molar-refractivity contribution in [1.82, 2.24) is 0 Å². The van der Waals surface area contributed by atoms with Crippen molar-refractivity contribution in [2.45, 2.75) is 66.2 Å². The second-order valence-corrected chi connectivity index (χ2v) is 14.5. The van der Waals surface area contributed by atoms with E-state index in [0.717, 1.165) is 0 Å². The minimum atomic E-state index is 0.0143. The average Bonchev–Trinajstić information content (AvgIpc) is 3.46. The van der Waals surface area contributed by atoms with Crippen molar-refractivity contribution >= 4 is 54.2 Å². The zero-order valence-electron chi connectivity index (χ0n) is 20.5. The Kier molecular flexibility index (Phi) is 3.71. The Balaban J connectivity index is 1.57. The molecule has 2 aliphatic rings. The summed E-state index contributed by atoms with van der Waals surface area (Å²) in [5.41, 5.74) is 12.1. The van der Waals surface area contributed by atoms with Gasteiger partial charge in [0.1, 0.15) is 0 Å². The molecule has 2 aliphatic carbocycles. The van der Waals surface area contributed by atoms with Gasteiger partial charge >= 0.3 is 0 Å². The smallest absolute Gasteiger partial charge is 0.0503 e. The maximum Gasteiger partial charge on any atom is 0.0503 e. The lowest BCUT2D eigenvalue weighted by Gasteiger charge is -2.27. The third-order valence-electron chi connectivity index (χ3n) is 8.56. The molecule has 0 atom stereocenters. The van der Waals surface area contributed by atoms with Crippen LogP contribution in [0.2, 0.25) is 0 Å². The Morgan fingerprint density at radius 2 is 1.03 bits per heavy atom. The van der Waals surface area contributed by atoms with Crippen molar-refractivity contribution in [2.75, 3.05) is 0 Å². The molecule has 0 bridgehead atoms. The summed E-state index contributed by atoms with van der Waals surface area (Å²) in [6.45, 7) is 18.9. The summed E-state index contributed by atoms with van der Waals surface area (Å²) in [6, 6.07) is 9.74. The van der Waals surface area contributed by atoms with E-state index in [1.807, 2.05) is 34.0 Å². The lowest BCUT2D eigenvalue weighted by atomic mass is 9.76. The normalized spacial score (nSPS) is 17.0. The van der Waals surface area contributed by atoms with Crippen molar-refractivity contribution in [1.29, 1.82) is 0 Å². The summed E-state index contributed by atoms with van der Waals surface area (Å²) in [5, 5.41) is 2.91. The van der Waals surface area contributed by atoms with Crippen LogP contribution in [0.3, 0.4) is 0 Å². The molecule has 2 aromatic carbocycles. The summed E-state index contributed by atoms with van der Waals surface area (Å²) in [7, 11) is 0. The van der Waals surface area contributed by atoms with Gasteiger partial charge in [0.2, 0.25) is 0 Å². The lowest BCUT2D eigenvalue weighted by molar-refractivity contribution is 0.660. The van der Waals surface area contributed by atoms with Gasteiger partial charge < -0.3 is 0 Å². The van der Waals surface area contributed by atoms with E-state index in [9.17, 15) is 0 Å². The van der Waals surface area contributed by atoms with Crippen LogP contribution in [0, 0.1) is 27.7 Å². The molecule has 0 spiro atoms.